The number of benzene rings is 1. The molecule has 1 fully saturated rings. The highest BCUT2D eigenvalue weighted by Gasteiger charge is 2.47. The first-order chi connectivity index (χ1) is 12.0. The molecule has 1 aromatic rings. The van der Waals surface area contributed by atoms with Crippen molar-refractivity contribution in [2.75, 3.05) is 17.2 Å². The Hall–Kier alpha value is -2.96. The lowest BCUT2D eigenvalue weighted by Crippen LogP contribution is -2.38. The molecule has 0 saturated carbocycles. The summed E-state index contributed by atoms with van der Waals surface area (Å²) in [6.45, 7) is 1.10. The summed E-state index contributed by atoms with van der Waals surface area (Å²) in [5.74, 6) is -1.90. The Balaban J connectivity index is 1.64. The van der Waals surface area contributed by atoms with Crippen LogP contribution in [0.15, 0.2) is 36.4 Å². The van der Waals surface area contributed by atoms with E-state index in [0.29, 0.717) is 24.2 Å². The van der Waals surface area contributed by atoms with Gasteiger partial charge in [0.05, 0.1) is 11.8 Å². The van der Waals surface area contributed by atoms with Crippen LogP contribution < -0.4 is 10.6 Å². The molecule has 1 aromatic carbocycles. The predicted molar refractivity (Wildman–Crippen MR) is 91.4 cm³/mol. The minimum Gasteiger partial charge on any atom is -0.326 e. The highest BCUT2D eigenvalue weighted by Crippen LogP contribution is 2.34. The second kappa shape index (κ2) is 6.88. The molecule has 2 aliphatic rings. The van der Waals surface area contributed by atoms with E-state index in [-0.39, 0.29) is 36.1 Å². The molecule has 130 valence electrons. The first-order valence-corrected chi connectivity index (χ1v) is 8.13. The zero-order valence-electron chi connectivity index (χ0n) is 13.8. The number of anilines is 2. The van der Waals surface area contributed by atoms with Crippen LogP contribution in [0.5, 0.6) is 0 Å². The summed E-state index contributed by atoms with van der Waals surface area (Å²) >= 11 is 0. The lowest BCUT2D eigenvalue weighted by atomic mass is 9.85. The van der Waals surface area contributed by atoms with Crippen LogP contribution in [0.25, 0.3) is 0 Å². The third-order valence-electron chi connectivity index (χ3n) is 4.37. The van der Waals surface area contributed by atoms with Gasteiger partial charge in [0, 0.05) is 18.3 Å². The molecule has 0 spiro atoms. The van der Waals surface area contributed by atoms with Gasteiger partial charge in [0.1, 0.15) is 6.54 Å². The minimum absolute atomic E-state index is 0.215. The highest BCUT2D eigenvalue weighted by atomic mass is 16.2. The van der Waals surface area contributed by atoms with E-state index in [0.717, 1.165) is 4.90 Å². The zero-order chi connectivity index (χ0) is 18.0. The van der Waals surface area contributed by atoms with Gasteiger partial charge in [-0.25, -0.2) is 0 Å². The molecule has 1 aliphatic heterocycles. The Morgan fingerprint density at radius 1 is 1.04 bits per heavy atom. The van der Waals surface area contributed by atoms with E-state index in [1.165, 1.54) is 6.92 Å². The topological polar surface area (TPSA) is 95.6 Å². The van der Waals surface area contributed by atoms with Crippen LogP contribution in [0, 0.1) is 11.8 Å². The van der Waals surface area contributed by atoms with Gasteiger partial charge in [-0.3, -0.25) is 24.1 Å². The standard InChI is InChI=1S/C18H19N3O4/c1-11(22)19-12-5-4-6-13(9-12)20-16(23)10-21-17(24)14-7-2-3-8-15(14)18(21)25/h2-6,9,14-15H,7-8,10H2,1H3,(H,19,22)(H,20,23)/t14-,15-/m1/s1. The quantitative estimate of drug-likeness (QED) is 0.641. The predicted octanol–water partition coefficient (Wildman–Crippen LogP) is 1.53. The Bertz CT molecular complexity index is 745. The second-order valence-electron chi connectivity index (χ2n) is 6.23. The molecular formula is C18H19N3O4. The fraction of sp³-hybridized carbons (Fsp3) is 0.333. The number of allylic oxidation sites excluding steroid dienone is 2. The molecule has 25 heavy (non-hydrogen) atoms. The van der Waals surface area contributed by atoms with Crippen molar-refractivity contribution in [2.45, 2.75) is 19.8 Å². The first kappa shape index (κ1) is 16.9. The fourth-order valence-electron chi connectivity index (χ4n) is 3.25. The van der Waals surface area contributed by atoms with Crippen molar-refractivity contribution in [3.63, 3.8) is 0 Å². The zero-order valence-corrected chi connectivity index (χ0v) is 13.8. The van der Waals surface area contributed by atoms with E-state index in [9.17, 15) is 19.2 Å². The van der Waals surface area contributed by atoms with Gasteiger partial charge < -0.3 is 10.6 Å². The van der Waals surface area contributed by atoms with Crippen LogP contribution >= 0.6 is 0 Å². The maximum atomic E-state index is 12.4. The number of hydrogen-bond donors (Lipinski definition) is 2. The Morgan fingerprint density at radius 2 is 1.60 bits per heavy atom. The number of hydrogen-bond acceptors (Lipinski definition) is 4. The largest absolute Gasteiger partial charge is 0.326 e. The molecule has 7 nitrogen and oxygen atoms in total. The van der Waals surface area contributed by atoms with E-state index in [1.807, 2.05) is 12.2 Å². The molecule has 0 aromatic heterocycles. The number of imide groups is 1. The number of rotatable bonds is 4. The summed E-state index contributed by atoms with van der Waals surface area (Å²) in [4.78, 5) is 49.1. The monoisotopic (exact) mass is 341 g/mol. The normalized spacial score (nSPS) is 21.9. The Labute approximate surface area is 145 Å². The van der Waals surface area contributed by atoms with E-state index >= 15 is 0 Å². The van der Waals surface area contributed by atoms with Crippen molar-refractivity contribution < 1.29 is 19.2 Å². The van der Waals surface area contributed by atoms with Gasteiger partial charge in [0.2, 0.25) is 23.6 Å². The molecule has 2 atom stereocenters. The highest BCUT2D eigenvalue weighted by molar-refractivity contribution is 6.09. The van der Waals surface area contributed by atoms with E-state index < -0.39 is 5.91 Å². The van der Waals surface area contributed by atoms with Crippen LogP contribution in [-0.2, 0) is 19.2 Å². The number of likely N-dealkylation sites (tertiary alicyclic amines) is 1. The summed E-state index contributed by atoms with van der Waals surface area (Å²) in [5, 5.41) is 5.28. The Morgan fingerprint density at radius 3 is 2.16 bits per heavy atom. The van der Waals surface area contributed by atoms with Gasteiger partial charge in [-0.15, -0.1) is 0 Å². The molecule has 1 saturated heterocycles. The van der Waals surface area contributed by atoms with Crippen molar-refractivity contribution in [3.8, 4) is 0 Å². The number of fused-ring (bicyclic) bond motifs is 1. The average Bonchev–Trinajstić information content (AvgIpc) is 2.80. The fourth-order valence-corrected chi connectivity index (χ4v) is 3.25. The van der Waals surface area contributed by atoms with Crippen molar-refractivity contribution in [1.82, 2.24) is 4.90 Å². The summed E-state index contributed by atoms with van der Waals surface area (Å²) < 4.78 is 0. The molecule has 2 N–H and O–H groups in total. The average molecular weight is 341 g/mol. The number of nitrogens with one attached hydrogen (secondary N) is 2. The third kappa shape index (κ3) is 3.60. The smallest absolute Gasteiger partial charge is 0.244 e. The molecule has 0 unspecified atom stereocenters. The lowest BCUT2D eigenvalue weighted by molar-refractivity contribution is -0.142. The minimum atomic E-state index is -0.451. The van der Waals surface area contributed by atoms with Gasteiger partial charge in [0.25, 0.3) is 0 Å². The molecule has 4 amide bonds. The summed E-state index contributed by atoms with van der Waals surface area (Å²) in [6.07, 6.45) is 4.91. The van der Waals surface area contributed by atoms with E-state index in [4.69, 9.17) is 0 Å². The molecule has 1 heterocycles. The second-order valence-corrected chi connectivity index (χ2v) is 6.23. The SMILES string of the molecule is CC(=O)Nc1cccc(NC(=O)CN2C(=O)[C@@H]3CC=CC[C@H]3C2=O)c1. The van der Waals surface area contributed by atoms with Gasteiger partial charge in [-0.2, -0.15) is 0 Å². The van der Waals surface area contributed by atoms with Crippen molar-refractivity contribution in [2.24, 2.45) is 11.8 Å². The van der Waals surface area contributed by atoms with Gasteiger partial charge in [-0.1, -0.05) is 18.2 Å². The van der Waals surface area contributed by atoms with Crippen LogP contribution in [-0.4, -0.2) is 35.1 Å². The third-order valence-corrected chi connectivity index (χ3v) is 4.37. The summed E-state index contributed by atoms with van der Waals surface area (Å²) in [6, 6.07) is 6.66. The molecule has 0 radical (unpaired) electrons. The van der Waals surface area contributed by atoms with Gasteiger partial charge in [-0.05, 0) is 31.0 Å². The summed E-state index contributed by atoms with van der Waals surface area (Å²) in [7, 11) is 0. The number of nitrogens with zero attached hydrogens (tertiary/aromatic N) is 1. The van der Waals surface area contributed by atoms with Crippen molar-refractivity contribution in [3.05, 3.63) is 36.4 Å². The lowest BCUT2D eigenvalue weighted by Gasteiger charge is -2.14. The first-order valence-electron chi connectivity index (χ1n) is 8.13. The Kier molecular flexibility index (Phi) is 4.65. The van der Waals surface area contributed by atoms with Crippen LogP contribution in [0.1, 0.15) is 19.8 Å². The molecule has 7 heteroatoms. The molecule has 3 rings (SSSR count). The van der Waals surface area contributed by atoms with Crippen molar-refractivity contribution >= 4 is 35.0 Å². The molecule has 1 aliphatic carbocycles. The molecule has 0 bridgehead atoms. The van der Waals surface area contributed by atoms with Crippen LogP contribution in [0.4, 0.5) is 11.4 Å². The van der Waals surface area contributed by atoms with Gasteiger partial charge >= 0.3 is 0 Å². The van der Waals surface area contributed by atoms with E-state index in [1.54, 1.807) is 24.3 Å². The maximum Gasteiger partial charge on any atom is 0.244 e. The van der Waals surface area contributed by atoms with E-state index in [2.05, 4.69) is 10.6 Å². The van der Waals surface area contributed by atoms with Gasteiger partial charge in [0.15, 0.2) is 0 Å². The van der Waals surface area contributed by atoms with Crippen LogP contribution in [0.2, 0.25) is 0 Å². The number of carbonyl (C=O) groups excluding carboxylic acids is 4. The van der Waals surface area contributed by atoms with Crippen LogP contribution in [0.3, 0.4) is 0 Å². The summed E-state index contributed by atoms with van der Waals surface area (Å²) in [5.41, 5.74) is 1.03. The van der Waals surface area contributed by atoms with Crippen molar-refractivity contribution in [1.29, 1.82) is 0 Å². The maximum absolute atomic E-state index is 12.4. The number of amides is 4. The molecular weight excluding hydrogens is 322 g/mol. The number of carbonyl (C=O) groups is 4.